The second-order valence-corrected chi connectivity index (χ2v) is 17.2. The van der Waals surface area contributed by atoms with Crippen LogP contribution >= 0.6 is 0 Å². The summed E-state index contributed by atoms with van der Waals surface area (Å²) in [6, 6.07) is 73.8. The van der Waals surface area contributed by atoms with Crippen molar-refractivity contribution in [1.82, 2.24) is 5.32 Å². The van der Waals surface area contributed by atoms with E-state index in [4.69, 9.17) is 9.41 Å². The van der Waals surface area contributed by atoms with Crippen LogP contribution in [0.15, 0.2) is 222 Å². The Bertz CT molecular complexity index is 3450. The molecule has 1 aromatic heterocycles. The number of hydrogen-bond acceptors (Lipinski definition) is 4. The smallest absolute Gasteiger partial charge is 0.145 e. The van der Waals surface area contributed by atoms with Crippen molar-refractivity contribution in [2.45, 2.75) is 25.4 Å². The quantitative estimate of drug-likeness (QED) is 0.174. The Morgan fingerprint density at radius 2 is 1.14 bits per heavy atom. The number of hydrogen-bond donors (Lipinski definition) is 1. The van der Waals surface area contributed by atoms with Gasteiger partial charge in [0.05, 0.1) is 5.71 Å². The second kappa shape index (κ2) is 14.6. The van der Waals surface area contributed by atoms with E-state index >= 15 is 0 Å². The molecule has 2 heterocycles. The third-order valence-corrected chi connectivity index (χ3v) is 13.1. The number of rotatable bonds is 7. The molecule has 0 radical (unpaired) electrons. The summed E-state index contributed by atoms with van der Waals surface area (Å²) in [5.74, 6) is 0. The van der Waals surface area contributed by atoms with E-state index in [0.717, 1.165) is 78.2 Å². The number of furan rings is 1. The number of para-hydroxylation sites is 1. The van der Waals surface area contributed by atoms with E-state index in [0.29, 0.717) is 0 Å². The van der Waals surface area contributed by atoms with Gasteiger partial charge >= 0.3 is 0 Å². The molecule has 1 atom stereocenters. The van der Waals surface area contributed by atoms with Gasteiger partial charge in [-0.15, -0.1) is 0 Å². The van der Waals surface area contributed by atoms with E-state index in [1.807, 2.05) is 6.07 Å². The van der Waals surface area contributed by atoms with Gasteiger partial charge in [-0.05, 0) is 104 Å². The zero-order valence-electron chi connectivity index (χ0n) is 35.1. The maximum absolute atomic E-state index is 6.72. The van der Waals surface area contributed by atoms with Crippen molar-refractivity contribution in [2.24, 2.45) is 4.99 Å². The van der Waals surface area contributed by atoms with Gasteiger partial charge < -0.3 is 14.6 Å². The maximum atomic E-state index is 6.72. The molecule has 0 bridgehead atoms. The fourth-order valence-corrected chi connectivity index (χ4v) is 9.97. The monoisotopic (exact) mass is 809 g/mol. The lowest BCUT2D eigenvalue weighted by atomic mass is 9.82. The van der Waals surface area contributed by atoms with E-state index in [1.165, 1.54) is 33.0 Å². The van der Waals surface area contributed by atoms with Gasteiger partial charge in [-0.1, -0.05) is 172 Å². The first-order valence-electron chi connectivity index (χ1n) is 21.7. The third-order valence-electron chi connectivity index (χ3n) is 13.1. The van der Waals surface area contributed by atoms with Crippen molar-refractivity contribution in [1.29, 1.82) is 0 Å². The first-order chi connectivity index (χ1) is 31.0. The van der Waals surface area contributed by atoms with Crippen LogP contribution in [0.4, 0.5) is 17.1 Å². The SMILES string of the molecule is CC1(C)c2ccccc2-c2ccc(N(c3ccccc3)c3ccc4c(c3)oc3cccc(-c5ccc(C6=NC(c7ccccc7)NC(c7cccc8ccccc78)=C6)cc5)c34)cc21. The van der Waals surface area contributed by atoms with Gasteiger partial charge in [0, 0.05) is 50.6 Å². The highest BCUT2D eigenvalue weighted by molar-refractivity contribution is 6.16. The maximum Gasteiger partial charge on any atom is 0.145 e. The molecular weight excluding hydrogens is 767 g/mol. The van der Waals surface area contributed by atoms with Gasteiger partial charge in [0.1, 0.15) is 17.3 Å². The molecule has 9 aromatic carbocycles. The topological polar surface area (TPSA) is 40.8 Å². The summed E-state index contributed by atoms with van der Waals surface area (Å²) in [4.78, 5) is 7.62. The van der Waals surface area contributed by atoms with E-state index in [9.17, 15) is 0 Å². The number of aliphatic imine (C=N–C) groups is 1. The zero-order chi connectivity index (χ0) is 42.1. The molecule has 0 fully saturated rings. The Hall–Kier alpha value is -7.95. The van der Waals surface area contributed by atoms with Crippen molar-refractivity contribution in [3.63, 3.8) is 0 Å². The average molecular weight is 810 g/mol. The predicted molar refractivity (Wildman–Crippen MR) is 262 cm³/mol. The highest BCUT2D eigenvalue weighted by atomic mass is 16.3. The largest absolute Gasteiger partial charge is 0.456 e. The molecule has 1 unspecified atom stereocenters. The van der Waals surface area contributed by atoms with Gasteiger partial charge in [0.15, 0.2) is 0 Å². The summed E-state index contributed by atoms with van der Waals surface area (Å²) < 4.78 is 6.72. The minimum absolute atomic E-state index is 0.107. The molecule has 2 aliphatic rings. The Morgan fingerprint density at radius 1 is 0.492 bits per heavy atom. The van der Waals surface area contributed by atoms with E-state index in [2.05, 4.69) is 230 Å². The van der Waals surface area contributed by atoms with Crippen molar-refractivity contribution >= 4 is 61.2 Å². The first-order valence-corrected chi connectivity index (χ1v) is 21.7. The van der Waals surface area contributed by atoms with Crippen molar-refractivity contribution in [3.05, 3.63) is 240 Å². The molecule has 1 aliphatic carbocycles. The van der Waals surface area contributed by atoms with Crippen LogP contribution in [-0.4, -0.2) is 5.71 Å². The van der Waals surface area contributed by atoms with Crippen LogP contribution < -0.4 is 10.2 Å². The summed E-state index contributed by atoms with van der Waals surface area (Å²) >= 11 is 0. The first kappa shape index (κ1) is 36.9. The highest BCUT2D eigenvalue weighted by Crippen LogP contribution is 2.51. The van der Waals surface area contributed by atoms with Gasteiger partial charge in [-0.25, -0.2) is 0 Å². The molecule has 4 heteroatoms. The van der Waals surface area contributed by atoms with Crippen LogP contribution in [0, 0.1) is 0 Å². The lowest BCUT2D eigenvalue weighted by molar-refractivity contribution is 0.660. The molecule has 63 heavy (non-hydrogen) atoms. The van der Waals surface area contributed by atoms with E-state index < -0.39 is 0 Å². The molecule has 1 N–H and O–H groups in total. The lowest BCUT2D eigenvalue weighted by Gasteiger charge is -2.28. The molecule has 300 valence electrons. The van der Waals surface area contributed by atoms with E-state index in [-0.39, 0.29) is 11.6 Å². The van der Waals surface area contributed by atoms with Gasteiger partial charge in [-0.2, -0.15) is 0 Å². The Kier molecular flexibility index (Phi) is 8.55. The van der Waals surface area contributed by atoms with E-state index in [1.54, 1.807) is 0 Å². The Balaban J connectivity index is 0.920. The van der Waals surface area contributed by atoms with Gasteiger partial charge in [0.25, 0.3) is 0 Å². The zero-order valence-corrected chi connectivity index (χ0v) is 35.1. The normalized spacial score (nSPS) is 15.1. The molecule has 0 spiro atoms. The van der Waals surface area contributed by atoms with Crippen LogP contribution in [0.5, 0.6) is 0 Å². The summed E-state index contributed by atoms with van der Waals surface area (Å²) in [6.45, 7) is 4.67. The molecule has 0 amide bonds. The fourth-order valence-electron chi connectivity index (χ4n) is 9.97. The third kappa shape index (κ3) is 6.17. The fraction of sp³-hybridized carbons (Fsp3) is 0.0678. The number of fused-ring (bicyclic) bond motifs is 7. The molecule has 12 rings (SSSR count). The molecule has 0 saturated carbocycles. The predicted octanol–water partition coefficient (Wildman–Crippen LogP) is 15.3. The van der Waals surface area contributed by atoms with Crippen LogP contribution in [0.2, 0.25) is 0 Å². The van der Waals surface area contributed by atoms with Crippen LogP contribution in [-0.2, 0) is 5.41 Å². The summed E-state index contributed by atoms with van der Waals surface area (Å²) in [7, 11) is 0. The Morgan fingerprint density at radius 3 is 2.00 bits per heavy atom. The summed E-state index contributed by atoms with van der Waals surface area (Å²) in [6.07, 6.45) is 1.97. The molecule has 0 saturated heterocycles. The van der Waals surface area contributed by atoms with Crippen molar-refractivity contribution in [3.8, 4) is 22.3 Å². The van der Waals surface area contributed by atoms with Gasteiger partial charge in [-0.3, -0.25) is 4.99 Å². The number of nitrogens with one attached hydrogen (secondary N) is 1. The average Bonchev–Trinajstić information content (AvgIpc) is 3.83. The minimum atomic E-state index is -0.222. The Labute approximate surface area is 367 Å². The molecule has 10 aromatic rings. The lowest BCUT2D eigenvalue weighted by Crippen LogP contribution is -2.25. The molecular formula is C59H43N3O. The van der Waals surface area contributed by atoms with Crippen LogP contribution in [0.1, 0.15) is 47.8 Å². The molecule has 1 aliphatic heterocycles. The second-order valence-electron chi connectivity index (χ2n) is 17.2. The number of benzene rings is 9. The van der Waals surface area contributed by atoms with Crippen LogP contribution in [0.25, 0.3) is 60.7 Å². The minimum Gasteiger partial charge on any atom is -0.456 e. The van der Waals surface area contributed by atoms with Crippen molar-refractivity contribution in [2.75, 3.05) is 4.90 Å². The number of anilines is 3. The number of nitrogens with zero attached hydrogens (tertiary/aromatic N) is 2. The standard InChI is InChI=1S/C59H43N3O/c1-59(2)51-25-12-11-22-47(51)48-33-31-43(35-52(48)59)62(42-19-7-4-8-20-42)44-32-34-50-56(36-44)63-55-26-14-23-46(57(50)55)39-27-29-40(30-28-39)53-37-54(61-58(60-53)41-16-5-3-6-17-41)49-24-13-18-38-15-9-10-21-45(38)49/h3-37,58,61H,1-2H3. The number of allylic oxidation sites excluding steroid dienone is 1. The van der Waals surface area contributed by atoms with Crippen molar-refractivity contribution < 1.29 is 4.42 Å². The van der Waals surface area contributed by atoms with Crippen LogP contribution in [0.3, 0.4) is 0 Å². The summed E-state index contributed by atoms with van der Waals surface area (Å²) in [5.41, 5.74) is 17.8. The van der Waals surface area contributed by atoms with Gasteiger partial charge in [0.2, 0.25) is 0 Å². The highest BCUT2D eigenvalue weighted by Gasteiger charge is 2.36. The summed E-state index contributed by atoms with van der Waals surface area (Å²) in [5, 5.41) is 8.37. The molecule has 4 nitrogen and oxygen atoms in total.